The van der Waals surface area contributed by atoms with Gasteiger partial charge in [-0.05, 0) is 27.6 Å². The lowest BCUT2D eigenvalue weighted by Gasteiger charge is -2.09. The van der Waals surface area contributed by atoms with E-state index in [0.29, 0.717) is 5.56 Å². The normalized spacial score (nSPS) is 13.1. The number of sulfone groups is 1. The summed E-state index contributed by atoms with van der Waals surface area (Å²) in [5.74, 6) is -1.56. The van der Waals surface area contributed by atoms with Gasteiger partial charge in [-0.25, -0.2) is 8.42 Å². The number of carbonyl (C=O) groups is 1. The molecule has 0 amide bonds. The van der Waals surface area contributed by atoms with E-state index >= 15 is 0 Å². The summed E-state index contributed by atoms with van der Waals surface area (Å²) < 4.78 is 29.0. The van der Waals surface area contributed by atoms with E-state index in [1.807, 2.05) is 0 Å². The summed E-state index contributed by atoms with van der Waals surface area (Å²) in [6.07, 6.45) is 3.07. The van der Waals surface area contributed by atoms with E-state index in [-0.39, 0.29) is 11.5 Å². The highest BCUT2D eigenvalue weighted by Crippen LogP contribution is 2.14. The number of hydrogen-bond acceptors (Lipinski definition) is 5. The molecule has 0 bridgehead atoms. The van der Waals surface area contributed by atoms with Crippen molar-refractivity contribution in [2.24, 2.45) is 5.92 Å². The molecule has 0 saturated heterocycles. The van der Waals surface area contributed by atoms with Gasteiger partial charge >= 0.3 is 5.97 Å². The molecule has 0 spiro atoms. The second-order valence-corrected chi connectivity index (χ2v) is 7.02. The first-order valence-corrected chi connectivity index (χ1v) is 7.83. The van der Waals surface area contributed by atoms with Gasteiger partial charge in [0.05, 0.1) is 24.5 Å². The third-order valence-corrected chi connectivity index (χ3v) is 4.47. The minimum Gasteiger partial charge on any atom is -0.469 e. The Balaban J connectivity index is 2.74. The summed E-state index contributed by atoms with van der Waals surface area (Å²) in [6, 6.07) is 1.69. The fraction of sp³-hybridized carbons (Fsp3) is 0.455. The maximum absolute atomic E-state index is 11.9. The SMILES string of the molecule is COC(=O)C(C)CS(=O)(=O)Cc1cncc(Br)c1. The van der Waals surface area contributed by atoms with E-state index in [1.165, 1.54) is 20.2 Å². The van der Waals surface area contributed by atoms with Crippen LogP contribution in [0.1, 0.15) is 12.5 Å². The zero-order valence-electron chi connectivity index (χ0n) is 10.1. The van der Waals surface area contributed by atoms with E-state index < -0.39 is 21.7 Å². The molecule has 0 N–H and O–H groups in total. The quantitative estimate of drug-likeness (QED) is 0.763. The lowest BCUT2D eigenvalue weighted by Crippen LogP contribution is -2.23. The zero-order valence-corrected chi connectivity index (χ0v) is 12.5. The van der Waals surface area contributed by atoms with Crippen molar-refractivity contribution >= 4 is 31.7 Å². The van der Waals surface area contributed by atoms with Crippen LogP contribution < -0.4 is 0 Å². The summed E-state index contributed by atoms with van der Waals surface area (Å²) in [4.78, 5) is 15.1. The number of pyridine rings is 1. The number of esters is 1. The van der Waals surface area contributed by atoms with Crippen molar-refractivity contribution in [2.45, 2.75) is 12.7 Å². The lowest BCUT2D eigenvalue weighted by molar-refractivity contribution is -0.144. The number of aromatic nitrogens is 1. The summed E-state index contributed by atoms with van der Waals surface area (Å²) in [6.45, 7) is 1.53. The Kier molecular flexibility index (Phi) is 5.28. The van der Waals surface area contributed by atoms with Gasteiger partial charge in [0, 0.05) is 16.9 Å². The first-order chi connectivity index (χ1) is 8.34. The van der Waals surface area contributed by atoms with Crippen LogP contribution >= 0.6 is 15.9 Å². The fourth-order valence-corrected chi connectivity index (χ4v) is 3.59. The molecule has 0 aliphatic rings. The van der Waals surface area contributed by atoms with E-state index in [1.54, 1.807) is 12.3 Å². The number of halogens is 1. The van der Waals surface area contributed by atoms with Crippen LogP contribution in [0.2, 0.25) is 0 Å². The molecule has 0 aromatic carbocycles. The van der Waals surface area contributed by atoms with E-state index in [9.17, 15) is 13.2 Å². The number of nitrogens with zero attached hydrogens (tertiary/aromatic N) is 1. The summed E-state index contributed by atoms with van der Waals surface area (Å²) in [5.41, 5.74) is 0.585. The molecule has 1 unspecified atom stereocenters. The molecular formula is C11H14BrNO4S. The van der Waals surface area contributed by atoms with Crippen LogP contribution in [0.15, 0.2) is 22.9 Å². The molecule has 0 saturated carbocycles. The molecule has 7 heteroatoms. The Labute approximate surface area is 115 Å². The van der Waals surface area contributed by atoms with Gasteiger partial charge in [0.1, 0.15) is 0 Å². The molecule has 1 atom stereocenters. The average molecular weight is 336 g/mol. The maximum Gasteiger partial charge on any atom is 0.309 e. The summed E-state index contributed by atoms with van der Waals surface area (Å²) in [7, 11) is -2.13. The Hall–Kier alpha value is -0.950. The number of methoxy groups -OCH3 is 1. The molecule has 5 nitrogen and oxygen atoms in total. The van der Waals surface area contributed by atoms with Crippen LogP contribution in [-0.4, -0.2) is 32.2 Å². The van der Waals surface area contributed by atoms with Crippen molar-refractivity contribution in [1.29, 1.82) is 0 Å². The van der Waals surface area contributed by atoms with Crippen LogP contribution in [0.5, 0.6) is 0 Å². The Morgan fingerprint density at radius 2 is 2.17 bits per heavy atom. The predicted octanol–water partition coefficient (Wildman–Crippen LogP) is 1.57. The molecule has 1 aromatic heterocycles. The average Bonchev–Trinajstić information content (AvgIpc) is 2.26. The topological polar surface area (TPSA) is 73.3 Å². The third-order valence-electron chi connectivity index (χ3n) is 2.26. The van der Waals surface area contributed by atoms with Gasteiger partial charge in [-0.15, -0.1) is 0 Å². The summed E-state index contributed by atoms with van der Waals surface area (Å²) >= 11 is 3.22. The van der Waals surface area contributed by atoms with Crippen LogP contribution in [-0.2, 0) is 25.1 Å². The van der Waals surface area contributed by atoms with Crippen molar-refractivity contribution in [3.8, 4) is 0 Å². The van der Waals surface area contributed by atoms with Crippen molar-refractivity contribution in [2.75, 3.05) is 12.9 Å². The van der Waals surface area contributed by atoms with Crippen LogP contribution in [0.3, 0.4) is 0 Å². The van der Waals surface area contributed by atoms with Crippen molar-refractivity contribution in [3.63, 3.8) is 0 Å². The summed E-state index contributed by atoms with van der Waals surface area (Å²) in [5, 5.41) is 0. The monoisotopic (exact) mass is 335 g/mol. The van der Waals surface area contributed by atoms with Crippen LogP contribution in [0, 0.1) is 5.92 Å². The van der Waals surface area contributed by atoms with Gasteiger partial charge in [-0.2, -0.15) is 0 Å². The van der Waals surface area contributed by atoms with Gasteiger partial charge in [0.15, 0.2) is 9.84 Å². The van der Waals surface area contributed by atoms with Gasteiger partial charge < -0.3 is 4.74 Å². The first-order valence-electron chi connectivity index (χ1n) is 5.22. The maximum atomic E-state index is 11.9. The Morgan fingerprint density at radius 1 is 1.50 bits per heavy atom. The van der Waals surface area contributed by atoms with Gasteiger partial charge in [0.2, 0.25) is 0 Å². The number of ether oxygens (including phenoxy) is 1. The van der Waals surface area contributed by atoms with Gasteiger partial charge in [0.25, 0.3) is 0 Å². The molecule has 0 fully saturated rings. The van der Waals surface area contributed by atoms with Crippen molar-refractivity contribution in [3.05, 3.63) is 28.5 Å². The molecular weight excluding hydrogens is 322 g/mol. The Morgan fingerprint density at radius 3 is 2.72 bits per heavy atom. The van der Waals surface area contributed by atoms with E-state index in [2.05, 4.69) is 25.7 Å². The van der Waals surface area contributed by atoms with Crippen LogP contribution in [0.4, 0.5) is 0 Å². The molecule has 18 heavy (non-hydrogen) atoms. The molecule has 1 rings (SSSR count). The molecule has 0 aliphatic carbocycles. The fourth-order valence-electron chi connectivity index (χ4n) is 1.50. The Bertz CT molecular complexity index is 530. The highest BCUT2D eigenvalue weighted by Gasteiger charge is 2.22. The van der Waals surface area contributed by atoms with Crippen LogP contribution in [0.25, 0.3) is 0 Å². The first kappa shape index (κ1) is 15.1. The molecule has 0 radical (unpaired) electrons. The predicted molar refractivity (Wildman–Crippen MR) is 70.6 cm³/mol. The standard InChI is InChI=1S/C11H14BrNO4S/c1-8(11(14)17-2)6-18(15,16)7-9-3-10(12)5-13-4-9/h3-5,8H,6-7H2,1-2H3. The highest BCUT2D eigenvalue weighted by molar-refractivity contribution is 9.10. The van der Waals surface area contributed by atoms with Crippen molar-refractivity contribution < 1.29 is 17.9 Å². The molecule has 100 valence electrons. The minimum atomic E-state index is -3.37. The van der Waals surface area contributed by atoms with E-state index in [0.717, 1.165) is 4.47 Å². The minimum absolute atomic E-state index is 0.138. The lowest BCUT2D eigenvalue weighted by atomic mass is 10.2. The number of hydrogen-bond donors (Lipinski definition) is 0. The number of carbonyl (C=O) groups excluding carboxylic acids is 1. The van der Waals surface area contributed by atoms with Crippen molar-refractivity contribution in [1.82, 2.24) is 4.98 Å². The molecule has 1 aromatic rings. The highest BCUT2D eigenvalue weighted by atomic mass is 79.9. The smallest absolute Gasteiger partial charge is 0.309 e. The van der Waals surface area contributed by atoms with Gasteiger partial charge in [-0.1, -0.05) is 6.92 Å². The number of rotatable bonds is 5. The third kappa shape index (κ3) is 4.73. The largest absolute Gasteiger partial charge is 0.469 e. The molecule has 0 aliphatic heterocycles. The second-order valence-electron chi connectivity index (χ2n) is 3.99. The van der Waals surface area contributed by atoms with Gasteiger partial charge in [-0.3, -0.25) is 9.78 Å². The zero-order chi connectivity index (χ0) is 13.8. The van der Waals surface area contributed by atoms with E-state index in [4.69, 9.17) is 0 Å². The second kappa shape index (κ2) is 6.29. The molecule has 1 heterocycles.